The molecule has 1 amide bonds. The third-order valence-electron chi connectivity index (χ3n) is 4.06. The molecule has 2 N–H and O–H groups in total. The Morgan fingerprint density at radius 1 is 1.29 bits per heavy atom. The molecule has 0 bridgehead atoms. The van der Waals surface area contributed by atoms with Crippen LogP contribution >= 0.6 is 39.5 Å². The zero-order chi connectivity index (χ0) is 21.0. The SMILES string of the molecule is CCc1cc(Br)ccc1NC(=S)Nc1sc(C(=O)N(C)C)c(C)c1C(=O)OC. The van der Waals surface area contributed by atoms with Crippen molar-refractivity contribution in [3.05, 3.63) is 44.2 Å². The highest BCUT2D eigenvalue weighted by Gasteiger charge is 2.26. The summed E-state index contributed by atoms with van der Waals surface area (Å²) in [7, 11) is 4.64. The highest BCUT2D eigenvalue weighted by atomic mass is 79.9. The molecule has 0 saturated carbocycles. The molecule has 2 rings (SSSR count). The Kier molecular flexibility index (Phi) is 7.56. The molecule has 0 aliphatic rings. The van der Waals surface area contributed by atoms with E-state index in [0.717, 1.165) is 22.1 Å². The first kappa shape index (κ1) is 22.3. The van der Waals surface area contributed by atoms with E-state index in [1.165, 1.54) is 23.3 Å². The van der Waals surface area contributed by atoms with E-state index in [1.807, 2.05) is 18.2 Å². The van der Waals surface area contributed by atoms with E-state index in [1.54, 1.807) is 21.0 Å². The van der Waals surface area contributed by atoms with Crippen molar-refractivity contribution in [3.63, 3.8) is 0 Å². The van der Waals surface area contributed by atoms with E-state index in [-0.39, 0.29) is 5.91 Å². The molecular weight excluding hydrogens is 462 g/mol. The van der Waals surface area contributed by atoms with Crippen LogP contribution in [-0.4, -0.2) is 43.1 Å². The van der Waals surface area contributed by atoms with Gasteiger partial charge in [0.1, 0.15) is 5.00 Å². The Morgan fingerprint density at radius 2 is 1.96 bits per heavy atom. The first-order valence-corrected chi connectivity index (χ1v) is 10.5. The van der Waals surface area contributed by atoms with Crippen molar-refractivity contribution in [1.29, 1.82) is 0 Å². The molecule has 6 nitrogen and oxygen atoms in total. The minimum Gasteiger partial charge on any atom is -0.465 e. The Morgan fingerprint density at radius 3 is 2.54 bits per heavy atom. The fourth-order valence-corrected chi connectivity index (χ4v) is 4.50. The van der Waals surface area contributed by atoms with Gasteiger partial charge in [0.05, 0.1) is 17.6 Å². The Hall–Kier alpha value is -1.97. The molecule has 0 atom stereocenters. The standard InChI is InChI=1S/C19H22BrN3O3S2/c1-6-11-9-12(20)7-8-13(11)21-19(27)22-16-14(18(25)26-5)10(2)15(28-16)17(24)23(3)4/h7-9H,6H2,1-5H3,(H2,21,22,27). The zero-order valence-corrected chi connectivity index (χ0v) is 19.5. The third kappa shape index (κ3) is 4.89. The van der Waals surface area contributed by atoms with Gasteiger partial charge in [-0.05, 0) is 54.9 Å². The fourth-order valence-electron chi connectivity index (χ4n) is 2.59. The van der Waals surface area contributed by atoms with Crippen LogP contribution in [0.3, 0.4) is 0 Å². The number of benzene rings is 1. The average Bonchev–Trinajstić information content (AvgIpc) is 2.97. The predicted octanol–water partition coefficient (Wildman–Crippen LogP) is 4.68. The highest BCUT2D eigenvalue weighted by Crippen LogP contribution is 2.34. The van der Waals surface area contributed by atoms with Crippen molar-refractivity contribution in [2.45, 2.75) is 20.3 Å². The fraction of sp³-hybridized carbons (Fsp3) is 0.316. The lowest BCUT2D eigenvalue weighted by Crippen LogP contribution is -2.21. The maximum atomic E-state index is 12.4. The van der Waals surface area contributed by atoms with Gasteiger partial charge >= 0.3 is 5.97 Å². The number of rotatable bonds is 5. The van der Waals surface area contributed by atoms with Crippen LogP contribution in [0.4, 0.5) is 10.7 Å². The van der Waals surface area contributed by atoms with E-state index in [9.17, 15) is 9.59 Å². The number of thiocarbonyl (C=S) groups is 1. The Bertz CT molecular complexity index is 925. The highest BCUT2D eigenvalue weighted by molar-refractivity contribution is 9.10. The van der Waals surface area contributed by atoms with Crippen molar-refractivity contribution in [2.75, 3.05) is 31.8 Å². The smallest absolute Gasteiger partial charge is 0.341 e. The molecule has 1 aromatic carbocycles. The summed E-state index contributed by atoms with van der Waals surface area (Å²) in [4.78, 5) is 26.7. The number of halogens is 1. The number of thiophene rings is 1. The predicted molar refractivity (Wildman–Crippen MR) is 122 cm³/mol. The lowest BCUT2D eigenvalue weighted by Gasteiger charge is -2.14. The van der Waals surface area contributed by atoms with E-state index >= 15 is 0 Å². The molecule has 0 radical (unpaired) electrons. The van der Waals surface area contributed by atoms with Crippen LogP contribution in [0.1, 0.15) is 38.1 Å². The van der Waals surface area contributed by atoms with Gasteiger partial charge in [0.25, 0.3) is 5.91 Å². The molecular formula is C19H22BrN3O3S2. The third-order valence-corrected chi connectivity index (χ3v) is 5.95. The van der Waals surface area contributed by atoms with Crippen molar-refractivity contribution in [2.24, 2.45) is 0 Å². The number of carbonyl (C=O) groups is 2. The second-order valence-corrected chi connectivity index (χ2v) is 8.53. The number of esters is 1. The first-order valence-electron chi connectivity index (χ1n) is 8.49. The van der Waals surface area contributed by atoms with Gasteiger partial charge in [0, 0.05) is 24.3 Å². The molecule has 0 aliphatic carbocycles. The molecule has 0 spiro atoms. The number of methoxy groups -OCH3 is 1. The van der Waals surface area contributed by atoms with Crippen LogP contribution in [0, 0.1) is 6.92 Å². The van der Waals surface area contributed by atoms with Gasteiger partial charge in [-0.15, -0.1) is 11.3 Å². The van der Waals surface area contributed by atoms with E-state index in [0.29, 0.717) is 26.1 Å². The maximum absolute atomic E-state index is 12.4. The molecule has 1 aromatic heterocycles. The number of nitrogens with one attached hydrogen (secondary N) is 2. The molecule has 0 aliphatic heterocycles. The summed E-state index contributed by atoms with van der Waals surface area (Å²) in [6.45, 7) is 3.78. The van der Waals surface area contributed by atoms with Gasteiger partial charge in [-0.25, -0.2) is 4.79 Å². The summed E-state index contributed by atoms with van der Waals surface area (Å²) in [5, 5.41) is 7.01. The molecule has 0 saturated heterocycles. The molecule has 28 heavy (non-hydrogen) atoms. The number of hydrogen-bond acceptors (Lipinski definition) is 5. The summed E-state index contributed by atoms with van der Waals surface area (Å²) in [6, 6.07) is 5.87. The van der Waals surface area contributed by atoms with Crippen LogP contribution in [0.2, 0.25) is 0 Å². The second-order valence-electron chi connectivity index (χ2n) is 6.19. The molecule has 2 aromatic rings. The molecule has 150 valence electrons. The van der Waals surface area contributed by atoms with Gasteiger partial charge in [-0.3, -0.25) is 4.79 Å². The summed E-state index contributed by atoms with van der Waals surface area (Å²) >= 11 is 10.1. The van der Waals surface area contributed by atoms with Crippen LogP contribution in [0.15, 0.2) is 22.7 Å². The van der Waals surface area contributed by atoms with E-state index < -0.39 is 5.97 Å². The number of hydrogen-bond donors (Lipinski definition) is 2. The summed E-state index contributed by atoms with van der Waals surface area (Å²) in [5.74, 6) is -0.699. The molecule has 1 heterocycles. The Labute approximate surface area is 182 Å². The van der Waals surface area contributed by atoms with Gasteiger partial charge in [-0.2, -0.15) is 0 Å². The van der Waals surface area contributed by atoms with Gasteiger partial charge in [0.15, 0.2) is 5.11 Å². The second kappa shape index (κ2) is 9.49. The van der Waals surface area contributed by atoms with Crippen LogP contribution in [-0.2, 0) is 11.2 Å². The number of amides is 1. The maximum Gasteiger partial charge on any atom is 0.341 e. The molecule has 0 unspecified atom stereocenters. The average molecular weight is 484 g/mol. The number of aryl methyl sites for hydroxylation is 1. The topological polar surface area (TPSA) is 70.7 Å². The number of anilines is 2. The summed E-state index contributed by atoms with van der Waals surface area (Å²) in [5.41, 5.74) is 2.85. The lowest BCUT2D eigenvalue weighted by molar-refractivity contribution is 0.0601. The summed E-state index contributed by atoms with van der Waals surface area (Å²) in [6.07, 6.45) is 0.831. The Balaban J connectivity index is 2.34. The van der Waals surface area contributed by atoms with Crippen LogP contribution in [0.25, 0.3) is 0 Å². The first-order chi connectivity index (χ1) is 13.2. The number of ether oxygens (including phenoxy) is 1. The van der Waals surface area contributed by atoms with Crippen molar-refractivity contribution in [1.82, 2.24) is 4.90 Å². The van der Waals surface area contributed by atoms with Crippen LogP contribution < -0.4 is 10.6 Å². The molecule has 9 heteroatoms. The van der Waals surface area contributed by atoms with Crippen molar-refractivity contribution < 1.29 is 14.3 Å². The lowest BCUT2D eigenvalue weighted by atomic mass is 10.1. The van der Waals surface area contributed by atoms with Gasteiger partial charge in [-0.1, -0.05) is 22.9 Å². The zero-order valence-electron chi connectivity index (χ0n) is 16.3. The van der Waals surface area contributed by atoms with Crippen LogP contribution in [0.5, 0.6) is 0 Å². The minimum atomic E-state index is -0.519. The normalized spacial score (nSPS) is 10.4. The number of nitrogens with zero attached hydrogens (tertiary/aromatic N) is 1. The monoisotopic (exact) mass is 483 g/mol. The van der Waals surface area contributed by atoms with Crippen molar-refractivity contribution in [3.8, 4) is 0 Å². The molecule has 0 fully saturated rings. The minimum absolute atomic E-state index is 0.180. The number of carbonyl (C=O) groups excluding carboxylic acids is 2. The van der Waals surface area contributed by atoms with Crippen molar-refractivity contribution >= 4 is 67.2 Å². The van der Waals surface area contributed by atoms with E-state index in [2.05, 4.69) is 33.5 Å². The summed E-state index contributed by atoms with van der Waals surface area (Å²) < 4.78 is 5.88. The van der Waals surface area contributed by atoms with Gasteiger partial charge < -0.3 is 20.3 Å². The van der Waals surface area contributed by atoms with E-state index in [4.69, 9.17) is 17.0 Å². The van der Waals surface area contributed by atoms with Gasteiger partial charge in [0.2, 0.25) is 0 Å². The largest absolute Gasteiger partial charge is 0.465 e. The quantitative estimate of drug-likeness (QED) is 0.475.